The molecular weight excluding hydrogens is 359 g/mol. The number of rotatable bonds is 7. The fourth-order valence-electron chi connectivity index (χ4n) is 2.86. The summed E-state index contributed by atoms with van der Waals surface area (Å²) in [6, 6.07) is 12.1. The van der Waals surface area contributed by atoms with Crippen molar-refractivity contribution in [2.75, 3.05) is 19.8 Å². The van der Waals surface area contributed by atoms with Gasteiger partial charge in [-0.3, -0.25) is 4.79 Å². The van der Waals surface area contributed by atoms with Gasteiger partial charge in [0.2, 0.25) is 5.91 Å². The SMILES string of the molecule is O=C(Cc1ccc(OCC(F)(F)F)cc1)NCCc1ccc2c(c1)CCO2. The topological polar surface area (TPSA) is 47.6 Å². The summed E-state index contributed by atoms with van der Waals surface area (Å²) in [6.45, 7) is -0.0948. The first-order chi connectivity index (χ1) is 12.9. The third kappa shape index (κ3) is 5.91. The summed E-state index contributed by atoms with van der Waals surface area (Å²) in [7, 11) is 0. The van der Waals surface area contributed by atoms with Crippen LogP contribution in [0, 0.1) is 0 Å². The molecular formula is C20H20F3NO3. The van der Waals surface area contributed by atoms with E-state index in [9.17, 15) is 18.0 Å². The molecule has 0 bridgehead atoms. The van der Waals surface area contributed by atoms with Crippen LogP contribution in [0.15, 0.2) is 42.5 Å². The highest BCUT2D eigenvalue weighted by molar-refractivity contribution is 5.78. The van der Waals surface area contributed by atoms with Crippen LogP contribution < -0.4 is 14.8 Å². The highest BCUT2D eigenvalue weighted by Crippen LogP contribution is 2.26. The number of benzene rings is 2. The van der Waals surface area contributed by atoms with Crippen LogP contribution in [-0.2, 0) is 24.1 Å². The summed E-state index contributed by atoms with van der Waals surface area (Å²) in [5, 5.41) is 2.86. The third-order valence-corrected chi connectivity index (χ3v) is 4.18. The average Bonchev–Trinajstić information content (AvgIpc) is 3.08. The van der Waals surface area contributed by atoms with Crippen LogP contribution in [0.25, 0.3) is 0 Å². The Morgan fingerprint density at radius 2 is 1.85 bits per heavy atom. The molecule has 1 N–H and O–H groups in total. The third-order valence-electron chi connectivity index (χ3n) is 4.18. The lowest BCUT2D eigenvalue weighted by Gasteiger charge is -2.10. The largest absolute Gasteiger partial charge is 0.493 e. The van der Waals surface area contributed by atoms with Crippen LogP contribution in [0.2, 0.25) is 0 Å². The molecule has 0 unspecified atom stereocenters. The molecule has 1 aliphatic rings. The van der Waals surface area contributed by atoms with Gasteiger partial charge in [0.25, 0.3) is 0 Å². The van der Waals surface area contributed by atoms with Gasteiger partial charge in [0.1, 0.15) is 11.5 Å². The number of amides is 1. The zero-order chi connectivity index (χ0) is 19.3. The number of alkyl halides is 3. The van der Waals surface area contributed by atoms with E-state index in [1.807, 2.05) is 12.1 Å². The van der Waals surface area contributed by atoms with Crippen LogP contribution in [0.3, 0.4) is 0 Å². The van der Waals surface area contributed by atoms with Gasteiger partial charge in [-0.1, -0.05) is 24.3 Å². The number of fused-ring (bicyclic) bond motifs is 1. The predicted molar refractivity (Wildman–Crippen MR) is 94.1 cm³/mol. The minimum absolute atomic E-state index is 0.122. The highest BCUT2D eigenvalue weighted by atomic mass is 19.4. The summed E-state index contributed by atoms with van der Waals surface area (Å²) in [6.07, 6.45) is -2.57. The molecule has 7 heteroatoms. The molecule has 0 saturated carbocycles. The second kappa shape index (κ2) is 8.33. The van der Waals surface area contributed by atoms with E-state index in [1.54, 1.807) is 12.1 Å². The first kappa shape index (κ1) is 19.1. The zero-order valence-electron chi connectivity index (χ0n) is 14.6. The maximum Gasteiger partial charge on any atom is 0.422 e. The summed E-state index contributed by atoms with van der Waals surface area (Å²) in [5.41, 5.74) is 3.05. The number of carbonyl (C=O) groups is 1. The quantitative estimate of drug-likeness (QED) is 0.802. The summed E-state index contributed by atoms with van der Waals surface area (Å²) in [4.78, 5) is 12.0. The van der Waals surface area contributed by atoms with E-state index in [1.165, 1.54) is 17.7 Å². The summed E-state index contributed by atoms with van der Waals surface area (Å²) < 4.78 is 46.5. The van der Waals surface area contributed by atoms with E-state index in [0.29, 0.717) is 12.1 Å². The van der Waals surface area contributed by atoms with Gasteiger partial charge in [-0.05, 0) is 41.3 Å². The van der Waals surface area contributed by atoms with Gasteiger partial charge >= 0.3 is 6.18 Å². The molecule has 4 nitrogen and oxygen atoms in total. The monoisotopic (exact) mass is 379 g/mol. The van der Waals surface area contributed by atoms with Gasteiger partial charge in [0.15, 0.2) is 6.61 Å². The van der Waals surface area contributed by atoms with Crippen LogP contribution in [-0.4, -0.2) is 31.8 Å². The molecule has 3 rings (SSSR count). The number of hydrogen-bond acceptors (Lipinski definition) is 3. The molecule has 0 aliphatic carbocycles. The lowest BCUT2D eigenvalue weighted by atomic mass is 10.1. The molecule has 0 saturated heterocycles. The molecule has 0 fully saturated rings. The first-order valence-electron chi connectivity index (χ1n) is 8.69. The van der Waals surface area contributed by atoms with Crippen LogP contribution in [0.5, 0.6) is 11.5 Å². The smallest absolute Gasteiger partial charge is 0.422 e. The molecule has 0 radical (unpaired) electrons. The van der Waals surface area contributed by atoms with E-state index in [0.717, 1.165) is 30.8 Å². The fraction of sp³-hybridized carbons (Fsp3) is 0.350. The van der Waals surface area contributed by atoms with Crippen molar-refractivity contribution in [1.82, 2.24) is 5.32 Å². The Balaban J connectivity index is 1.41. The average molecular weight is 379 g/mol. The maximum absolute atomic E-state index is 12.1. The van der Waals surface area contributed by atoms with Crippen molar-refractivity contribution in [2.24, 2.45) is 0 Å². The number of hydrogen-bond donors (Lipinski definition) is 1. The van der Waals surface area contributed by atoms with Crippen molar-refractivity contribution in [3.63, 3.8) is 0 Å². The van der Waals surface area contributed by atoms with Crippen LogP contribution in [0.4, 0.5) is 13.2 Å². The number of ether oxygens (including phenoxy) is 2. The van der Waals surface area contributed by atoms with Crippen molar-refractivity contribution in [2.45, 2.75) is 25.4 Å². The van der Waals surface area contributed by atoms with Gasteiger partial charge in [-0.15, -0.1) is 0 Å². The van der Waals surface area contributed by atoms with Gasteiger partial charge in [-0.25, -0.2) is 0 Å². The van der Waals surface area contributed by atoms with E-state index in [4.69, 9.17) is 4.74 Å². The molecule has 1 aliphatic heterocycles. The Bertz CT molecular complexity index is 788. The van der Waals surface area contributed by atoms with Crippen molar-refractivity contribution >= 4 is 5.91 Å². The number of carbonyl (C=O) groups excluding carboxylic acids is 1. The minimum atomic E-state index is -4.37. The second-order valence-corrected chi connectivity index (χ2v) is 6.37. The number of halogens is 3. The van der Waals surface area contributed by atoms with E-state index < -0.39 is 12.8 Å². The van der Waals surface area contributed by atoms with E-state index in [2.05, 4.69) is 16.1 Å². The standard InChI is InChI=1S/C20H20F3NO3/c21-20(22,23)13-27-17-4-1-14(2-5-17)12-19(25)24-9-7-15-3-6-18-16(11-15)8-10-26-18/h1-6,11H,7-10,12-13H2,(H,24,25). The summed E-state index contributed by atoms with van der Waals surface area (Å²) in [5.74, 6) is 0.922. The second-order valence-electron chi connectivity index (χ2n) is 6.37. The Kier molecular flexibility index (Phi) is 5.88. The van der Waals surface area contributed by atoms with Gasteiger partial charge < -0.3 is 14.8 Å². The molecule has 27 heavy (non-hydrogen) atoms. The van der Waals surface area contributed by atoms with Gasteiger partial charge in [0, 0.05) is 13.0 Å². The Hall–Kier alpha value is -2.70. The first-order valence-corrected chi connectivity index (χ1v) is 8.69. The highest BCUT2D eigenvalue weighted by Gasteiger charge is 2.28. The molecule has 1 heterocycles. The molecule has 2 aromatic rings. The maximum atomic E-state index is 12.1. The summed E-state index contributed by atoms with van der Waals surface area (Å²) >= 11 is 0. The Morgan fingerprint density at radius 1 is 1.11 bits per heavy atom. The minimum Gasteiger partial charge on any atom is -0.493 e. The predicted octanol–water partition coefficient (Wildman–Crippen LogP) is 3.46. The van der Waals surface area contributed by atoms with E-state index in [-0.39, 0.29) is 18.1 Å². The molecule has 1 amide bonds. The molecule has 144 valence electrons. The van der Waals surface area contributed by atoms with Crippen molar-refractivity contribution in [3.8, 4) is 11.5 Å². The molecule has 0 aromatic heterocycles. The van der Waals surface area contributed by atoms with Crippen molar-refractivity contribution in [3.05, 3.63) is 59.2 Å². The Morgan fingerprint density at radius 3 is 2.59 bits per heavy atom. The normalized spacial score (nSPS) is 13.0. The molecule has 0 atom stereocenters. The molecule has 0 spiro atoms. The van der Waals surface area contributed by atoms with Crippen LogP contribution in [0.1, 0.15) is 16.7 Å². The molecule has 2 aromatic carbocycles. The van der Waals surface area contributed by atoms with Crippen molar-refractivity contribution in [1.29, 1.82) is 0 Å². The zero-order valence-corrected chi connectivity index (χ0v) is 14.6. The number of nitrogens with one attached hydrogen (secondary N) is 1. The van der Waals surface area contributed by atoms with Crippen molar-refractivity contribution < 1.29 is 27.4 Å². The van der Waals surface area contributed by atoms with Gasteiger partial charge in [0.05, 0.1) is 13.0 Å². The van der Waals surface area contributed by atoms with Gasteiger partial charge in [-0.2, -0.15) is 13.2 Å². The van der Waals surface area contributed by atoms with Crippen LogP contribution >= 0.6 is 0 Å². The lowest BCUT2D eigenvalue weighted by molar-refractivity contribution is -0.153. The Labute approximate surface area is 155 Å². The fourth-order valence-corrected chi connectivity index (χ4v) is 2.86. The lowest BCUT2D eigenvalue weighted by Crippen LogP contribution is -2.27. The van der Waals surface area contributed by atoms with E-state index >= 15 is 0 Å².